The van der Waals surface area contributed by atoms with Gasteiger partial charge in [-0.25, -0.2) is 0 Å². The quantitative estimate of drug-likeness (QED) is 0.885. The van der Waals surface area contributed by atoms with E-state index in [2.05, 4.69) is 11.8 Å². The summed E-state index contributed by atoms with van der Waals surface area (Å²) < 4.78 is 0. The first kappa shape index (κ1) is 15.3. The van der Waals surface area contributed by atoms with Crippen LogP contribution >= 0.6 is 11.3 Å². The van der Waals surface area contributed by atoms with Crippen LogP contribution in [0.25, 0.3) is 0 Å². The Hall–Kier alpha value is -2.09. The number of carbonyl (C=O) groups is 1. The molecule has 0 spiro atoms. The normalized spacial score (nSPS) is 9.86. The first-order valence-electron chi connectivity index (χ1n) is 6.59. The molecule has 1 N–H and O–H groups in total. The van der Waals surface area contributed by atoms with Crippen molar-refractivity contribution in [2.24, 2.45) is 0 Å². The molecule has 0 unspecified atom stereocenters. The predicted octanol–water partition coefficient (Wildman–Crippen LogP) is 2.67. The maximum Gasteiger partial charge on any atom is 0.255 e. The first-order valence-corrected chi connectivity index (χ1v) is 7.53. The number of benzene rings is 1. The van der Waals surface area contributed by atoms with Crippen molar-refractivity contribution in [1.82, 2.24) is 4.90 Å². The number of aliphatic hydroxyl groups excluding tert-OH is 1. The van der Waals surface area contributed by atoms with Crippen molar-refractivity contribution < 1.29 is 9.90 Å². The number of thiophene rings is 1. The number of rotatable bonds is 3. The smallest absolute Gasteiger partial charge is 0.255 e. The van der Waals surface area contributed by atoms with E-state index in [4.69, 9.17) is 5.11 Å². The molecule has 0 bridgehead atoms. The average Bonchev–Trinajstić information content (AvgIpc) is 2.91. The highest BCUT2D eigenvalue weighted by Crippen LogP contribution is 2.17. The van der Waals surface area contributed by atoms with E-state index >= 15 is 0 Å². The van der Waals surface area contributed by atoms with Crippen molar-refractivity contribution in [2.75, 3.05) is 13.7 Å². The van der Waals surface area contributed by atoms with E-state index in [-0.39, 0.29) is 12.5 Å². The Kier molecular flexibility index (Phi) is 5.15. The molecule has 1 aromatic carbocycles. The summed E-state index contributed by atoms with van der Waals surface area (Å²) in [5.41, 5.74) is 3.57. The van der Waals surface area contributed by atoms with Gasteiger partial charge in [-0.15, -0.1) is 0 Å². The fourth-order valence-corrected chi connectivity index (χ4v) is 2.85. The van der Waals surface area contributed by atoms with Gasteiger partial charge in [0.05, 0.1) is 5.56 Å². The second-order valence-corrected chi connectivity index (χ2v) is 5.49. The average molecular weight is 299 g/mol. The lowest BCUT2D eigenvalue weighted by molar-refractivity contribution is 0.0785. The number of nitrogens with zero attached hydrogens (tertiary/aromatic N) is 1. The molecule has 1 heterocycles. The van der Waals surface area contributed by atoms with Gasteiger partial charge in [0.2, 0.25) is 0 Å². The standard InChI is InChI=1S/C17H17NO2S/c1-13-11-21-12-16(13)17(20)18(2)10-15-7-4-3-6-14(15)8-5-9-19/h3-4,6-7,11-12,19H,9-10H2,1-2H3. The Labute approximate surface area is 128 Å². The summed E-state index contributed by atoms with van der Waals surface area (Å²) in [5.74, 6) is 5.58. The molecular weight excluding hydrogens is 282 g/mol. The summed E-state index contributed by atoms with van der Waals surface area (Å²) in [4.78, 5) is 14.1. The van der Waals surface area contributed by atoms with Crippen LogP contribution in [0.15, 0.2) is 35.0 Å². The van der Waals surface area contributed by atoms with Crippen molar-refractivity contribution >= 4 is 17.2 Å². The lowest BCUT2D eigenvalue weighted by Gasteiger charge is -2.18. The molecule has 1 amide bonds. The number of hydrogen-bond donors (Lipinski definition) is 1. The zero-order chi connectivity index (χ0) is 15.2. The molecule has 2 aromatic rings. The van der Waals surface area contributed by atoms with Gasteiger partial charge in [-0.3, -0.25) is 4.79 Å². The SMILES string of the molecule is Cc1cscc1C(=O)N(C)Cc1ccccc1C#CCO. The van der Waals surface area contributed by atoms with Crippen LogP contribution in [0.5, 0.6) is 0 Å². The van der Waals surface area contributed by atoms with Gasteiger partial charge < -0.3 is 10.0 Å². The minimum Gasteiger partial charge on any atom is -0.384 e. The summed E-state index contributed by atoms with van der Waals surface area (Å²) in [6.45, 7) is 2.26. The summed E-state index contributed by atoms with van der Waals surface area (Å²) in [6, 6.07) is 7.67. The van der Waals surface area contributed by atoms with Crippen LogP contribution in [0.3, 0.4) is 0 Å². The van der Waals surface area contributed by atoms with Gasteiger partial charge in [-0.2, -0.15) is 11.3 Å². The van der Waals surface area contributed by atoms with Crippen LogP contribution < -0.4 is 0 Å². The zero-order valence-corrected chi connectivity index (χ0v) is 12.9. The fraction of sp³-hybridized carbons (Fsp3) is 0.235. The monoisotopic (exact) mass is 299 g/mol. The molecule has 1 aromatic heterocycles. The van der Waals surface area contributed by atoms with E-state index in [0.717, 1.165) is 22.3 Å². The van der Waals surface area contributed by atoms with E-state index in [9.17, 15) is 4.79 Å². The van der Waals surface area contributed by atoms with Crippen LogP contribution in [-0.4, -0.2) is 29.6 Å². The van der Waals surface area contributed by atoms with Gasteiger partial charge >= 0.3 is 0 Å². The number of aryl methyl sites for hydroxylation is 1. The molecule has 108 valence electrons. The molecule has 0 aliphatic rings. The predicted molar refractivity (Wildman–Crippen MR) is 85.3 cm³/mol. The molecule has 4 heteroatoms. The minimum absolute atomic E-state index is 0.0127. The van der Waals surface area contributed by atoms with Crippen LogP contribution in [-0.2, 0) is 6.54 Å². The minimum atomic E-state index is -0.169. The highest BCUT2D eigenvalue weighted by Gasteiger charge is 2.15. The molecule has 0 saturated heterocycles. The molecule has 0 fully saturated rings. The summed E-state index contributed by atoms with van der Waals surface area (Å²) in [7, 11) is 1.79. The molecule has 0 aliphatic heterocycles. The van der Waals surface area contributed by atoms with Crippen LogP contribution in [0.4, 0.5) is 0 Å². The van der Waals surface area contributed by atoms with Gasteiger partial charge in [0.25, 0.3) is 5.91 Å². The van der Waals surface area contributed by atoms with E-state index in [1.807, 2.05) is 41.9 Å². The molecule has 0 aliphatic carbocycles. The lowest BCUT2D eigenvalue weighted by Crippen LogP contribution is -2.26. The van der Waals surface area contributed by atoms with Gasteiger partial charge in [-0.1, -0.05) is 30.0 Å². The molecule has 0 radical (unpaired) electrons. The maximum atomic E-state index is 12.4. The second-order valence-electron chi connectivity index (χ2n) is 4.75. The van der Waals surface area contributed by atoms with Crippen molar-refractivity contribution in [2.45, 2.75) is 13.5 Å². The van der Waals surface area contributed by atoms with Crippen LogP contribution in [0.1, 0.15) is 27.0 Å². The number of aliphatic hydroxyl groups is 1. The van der Waals surface area contributed by atoms with E-state index in [0.29, 0.717) is 6.54 Å². The van der Waals surface area contributed by atoms with E-state index in [1.54, 1.807) is 11.9 Å². The van der Waals surface area contributed by atoms with Gasteiger partial charge in [-0.05, 0) is 29.5 Å². The summed E-state index contributed by atoms with van der Waals surface area (Å²) in [5, 5.41) is 12.7. The molecule has 0 atom stereocenters. The Morgan fingerprint density at radius 2 is 2.10 bits per heavy atom. The topological polar surface area (TPSA) is 40.5 Å². The highest BCUT2D eigenvalue weighted by molar-refractivity contribution is 7.08. The molecule has 3 nitrogen and oxygen atoms in total. The second kappa shape index (κ2) is 7.07. The molecule has 21 heavy (non-hydrogen) atoms. The van der Waals surface area contributed by atoms with Crippen molar-refractivity contribution in [1.29, 1.82) is 0 Å². The van der Waals surface area contributed by atoms with Crippen molar-refractivity contribution in [3.05, 3.63) is 57.3 Å². The highest BCUT2D eigenvalue weighted by atomic mass is 32.1. The Morgan fingerprint density at radius 1 is 1.33 bits per heavy atom. The van der Waals surface area contributed by atoms with Crippen molar-refractivity contribution in [3.8, 4) is 11.8 Å². The zero-order valence-electron chi connectivity index (χ0n) is 12.1. The third kappa shape index (κ3) is 3.72. The third-order valence-corrected chi connectivity index (χ3v) is 4.02. The Bertz CT molecular complexity index is 694. The summed E-state index contributed by atoms with van der Waals surface area (Å²) in [6.07, 6.45) is 0. The number of carbonyl (C=O) groups excluding carboxylic acids is 1. The first-order chi connectivity index (χ1) is 10.1. The van der Waals surface area contributed by atoms with E-state index < -0.39 is 0 Å². The third-order valence-electron chi connectivity index (χ3n) is 3.16. The molecule has 2 rings (SSSR count). The molecular formula is C17H17NO2S. The maximum absolute atomic E-state index is 12.4. The number of hydrogen-bond acceptors (Lipinski definition) is 3. The van der Waals surface area contributed by atoms with Gasteiger partial charge in [0.15, 0.2) is 0 Å². The number of amides is 1. The fourth-order valence-electron chi connectivity index (χ4n) is 2.03. The molecule has 0 saturated carbocycles. The van der Waals surface area contributed by atoms with E-state index in [1.165, 1.54) is 11.3 Å². The van der Waals surface area contributed by atoms with Crippen LogP contribution in [0.2, 0.25) is 0 Å². The summed E-state index contributed by atoms with van der Waals surface area (Å²) >= 11 is 1.53. The van der Waals surface area contributed by atoms with Crippen molar-refractivity contribution in [3.63, 3.8) is 0 Å². The largest absolute Gasteiger partial charge is 0.384 e. The van der Waals surface area contributed by atoms with Gasteiger partial charge in [0.1, 0.15) is 6.61 Å². The Morgan fingerprint density at radius 3 is 2.76 bits per heavy atom. The van der Waals surface area contributed by atoms with Crippen LogP contribution in [0, 0.1) is 18.8 Å². The van der Waals surface area contributed by atoms with Gasteiger partial charge in [0, 0.05) is 24.5 Å². The Balaban J connectivity index is 2.18. The lowest BCUT2D eigenvalue weighted by atomic mass is 10.1.